The maximum atomic E-state index is 12.4. The first kappa shape index (κ1) is 19.4. The second-order valence-corrected chi connectivity index (χ2v) is 6.76. The van der Waals surface area contributed by atoms with Crippen LogP contribution in [0.25, 0.3) is 0 Å². The fourth-order valence-electron chi connectivity index (χ4n) is 3.19. The van der Waals surface area contributed by atoms with Gasteiger partial charge < -0.3 is 26.4 Å². The normalized spacial score (nSPS) is 23.4. The van der Waals surface area contributed by atoms with Crippen LogP contribution in [-0.4, -0.2) is 66.6 Å². The molecule has 2 heterocycles. The number of hydrogen-bond donors (Lipinski definition) is 4. The zero-order valence-corrected chi connectivity index (χ0v) is 14.4. The van der Waals surface area contributed by atoms with Gasteiger partial charge in [0.15, 0.2) is 0 Å². The topological polar surface area (TPSA) is 125 Å². The van der Waals surface area contributed by atoms with Gasteiger partial charge in [0.1, 0.15) is 6.04 Å². The molecular weight excluding hydrogens is 324 g/mol. The molecule has 25 heavy (non-hydrogen) atoms. The third kappa shape index (κ3) is 6.13. The van der Waals surface area contributed by atoms with Crippen LogP contribution >= 0.6 is 0 Å². The number of piperidine rings is 2. The van der Waals surface area contributed by atoms with Crippen molar-refractivity contribution in [1.82, 2.24) is 15.5 Å². The van der Waals surface area contributed by atoms with E-state index in [1.807, 2.05) is 6.08 Å². The van der Waals surface area contributed by atoms with Gasteiger partial charge in [-0.1, -0.05) is 6.08 Å². The molecule has 0 aromatic carbocycles. The molecule has 0 unspecified atom stereocenters. The quantitative estimate of drug-likeness (QED) is 0.469. The highest BCUT2D eigenvalue weighted by molar-refractivity contribution is 5.88. The molecule has 8 nitrogen and oxygen atoms in total. The van der Waals surface area contributed by atoms with Crippen molar-refractivity contribution in [2.24, 2.45) is 17.6 Å². The minimum atomic E-state index is -1.15. The number of hydrogen-bond acceptors (Lipinski definition) is 5. The van der Waals surface area contributed by atoms with E-state index in [1.54, 1.807) is 11.0 Å². The average Bonchev–Trinajstić information content (AvgIpc) is 2.64. The van der Waals surface area contributed by atoms with Gasteiger partial charge in [-0.3, -0.25) is 14.4 Å². The number of nitrogens with two attached hydrogens (primary N) is 1. The van der Waals surface area contributed by atoms with E-state index in [-0.39, 0.29) is 24.3 Å². The van der Waals surface area contributed by atoms with Crippen molar-refractivity contribution >= 4 is 17.8 Å². The van der Waals surface area contributed by atoms with Crippen LogP contribution in [0.3, 0.4) is 0 Å². The van der Waals surface area contributed by atoms with Crippen molar-refractivity contribution in [1.29, 1.82) is 0 Å². The highest BCUT2D eigenvalue weighted by atomic mass is 16.4. The van der Waals surface area contributed by atoms with Gasteiger partial charge in [-0.15, -0.1) is 0 Å². The molecular formula is C17H28N4O4. The van der Waals surface area contributed by atoms with Crippen molar-refractivity contribution in [2.45, 2.75) is 31.7 Å². The van der Waals surface area contributed by atoms with Crippen molar-refractivity contribution in [3.8, 4) is 0 Å². The molecule has 2 atom stereocenters. The standard InChI is InChI=1S/C17H28N4O4/c18-14(17(24)25)10-20-16(23)13-2-1-9-21(11-13)15(22)4-3-12-5-7-19-8-6-12/h3-4,12-14,19H,1-2,5-11,18H2,(H,20,23)(H,24,25)/t13-,14+/m1/s1. The van der Waals surface area contributed by atoms with Gasteiger partial charge >= 0.3 is 5.97 Å². The molecule has 0 aliphatic carbocycles. The van der Waals surface area contributed by atoms with E-state index in [9.17, 15) is 14.4 Å². The highest BCUT2D eigenvalue weighted by Gasteiger charge is 2.28. The molecule has 2 fully saturated rings. The lowest BCUT2D eigenvalue weighted by atomic mass is 9.96. The Morgan fingerprint density at radius 2 is 2.00 bits per heavy atom. The number of rotatable bonds is 6. The molecule has 0 radical (unpaired) electrons. The summed E-state index contributed by atoms with van der Waals surface area (Å²) >= 11 is 0. The molecule has 2 amide bonds. The second-order valence-electron chi connectivity index (χ2n) is 6.76. The van der Waals surface area contributed by atoms with E-state index in [0.29, 0.717) is 25.4 Å². The molecule has 8 heteroatoms. The van der Waals surface area contributed by atoms with E-state index >= 15 is 0 Å². The summed E-state index contributed by atoms with van der Waals surface area (Å²) in [5, 5.41) is 14.6. The van der Waals surface area contributed by atoms with E-state index < -0.39 is 12.0 Å². The van der Waals surface area contributed by atoms with Crippen molar-refractivity contribution in [3.05, 3.63) is 12.2 Å². The lowest BCUT2D eigenvalue weighted by Crippen LogP contribution is -2.48. The van der Waals surface area contributed by atoms with Crippen molar-refractivity contribution in [3.63, 3.8) is 0 Å². The Labute approximate surface area is 147 Å². The van der Waals surface area contributed by atoms with Gasteiger partial charge in [0, 0.05) is 19.6 Å². The monoisotopic (exact) mass is 352 g/mol. The Hall–Kier alpha value is -1.93. The number of nitrogens with one attached hydrogen (secondary N) is 2. The maximum absolute atomic E-state index is 12.4. The average molecular weight is 352 g/mol. The van der Waals surface area contributed by atoms with E-state index in [4.69, 9.17) is 10.8 Å². The number of carbonyl (C=O) groups is 3. The van der Waals surface area contributed by atoms with Crippen LogP contribution in [0.5, 0.6) is 0 Å². The summed E-state index contributed by atoms with van der Waals surface area (Å²) < 4.78 is 0. The van der Waals surface area contributed by atoms with Gasteiger partial charge in [-0.05, 0) is 50.8 Å². The predicted molar refractivity (Wildman–Crippen MR) is 92.7 cm³/mol. The molecule has 2 aliphatic rings. The van der Waals surface area contributed by atoms with Crippen LogP contribution in [0.4, 0.5) is 0 Å². The Kier molecular flexibility index (Phi) is 7.39. The summed E-state index contributed by atoms with van der Waals surface area (Å²) in [7, 11) is 0. The summed E-state index contributed by atoms with van der Waals surface area (Å²) in [5.41, 5.74) is 5.39. The summed E-state index contributed by atoms with van der Waals surface area (Å²) in [6, 6.07) is -1.11. The van der Waals surface area contributed by atoms with Gasteiger partial charge in [-0.2, -0.15) is 0 Å². The largest absolute Gasteiger partial charge is 0.480 e. The number of allylic oxidation sites excluding steroid dienone is 1. The first-order chi connectivity index (χ1) is 12.0. The Bertz CT molecular complexity index is 517. The molecule has 0 bridgehead atoms. The predicted octanol–water partition coefficient (Wildman–Crippen LogP) is -0.691. The third-order valence-electron chi connectivity index (χ3n) is 4.81. The lowest BCUT2D eigenvalue weighted by molar-refractivity contribution is -0.138. The lowest BCUT2D eigenvalue weighted by Gasteiger charge is -2.31. The first-order valence-corrected chi connectivity index (χ1v) is 8.91. The second kappa shape index (κ2) is 9.53. The molecule has 2 aliphatic heterocycles. The summed E-state index contributed by atoms with van der Waals surface area (Å²) in [6.45, 7) is 2.87. The van der Waals surface area contributed by atoms with Gasteiger partial charge in [0.05, 0.1) is 5.92 Å². The van der Waals surface area contributed by atoms with Crippen molar-refractivity contribution in [2.75, 3.05) is 32.7 Å². The Morgan fingerprint density at radius 1 is 1.28 bits per heavy atom. The molecule has 0 aromatic heterocycles. The number of carboxylic acid groups (broad SMARTS) is 1. The first-order valence-electron chi connectivity index (χ1n) is 8.91. The van der Waals surface area contributed by atoms with Crippen LogP contribution in [-0.2, 0) is 14.4 Å². The van der Waals surface area contributed by atoms with E-state index in [0.717, 1.165) is 32.4 Å². The van der Waals surface area contributed by atoms with Crippen LogP contribution in [0.1, 0.15) is 25.7 Å². The summed E-state index contributed by atoms with van der Waals surface area (Å²) in [5.74, 6) is -1.32. The maximum Gasteiger partial charge on any atom is 0.322 e. The molecule has 0 saturated carbocycles. The summed E-state index contributed by atoms with van der Waals surface area (Å²) in [6.07, 6.45) is 7.15. The van der Waals surface area contributed by atoms with Gasteiger partial charge in [0.25, 0.3) is 0 Å². The molecule has 2 saturated heterocycles. The number of amides is 2. The molecule has 0 aromatic rings. The fraction of sp³-hybridized carbons (Fsp3) is 0.706. The van der Waals surface area contributed by atoms with Crippen LogP contribution < -0.4 is 16.4 Å². The Morgan fingerprint density at radius 3 is 2.68 bits per heavy atom. The van der Waals surface area contributed by atoms with E-state index in [1.165, 1.54) is 0 Å². The number of aliphatic carboxylic acids is 1. The number of carboxylic acids is 1. The zero-order chi connectivity index (χ0) is 18.2. The fourth-order valence-corrected chi connectivity index (χ4v) is 3.19. The third-order valence-corrected chi connectivity index (χ3v) is 4.81. The van der Waals surface area contributed by atoms with Gasteiger partial charge in [-0.25, -0.2) is 0 Å². The summed E-state index contributed by atoms with van der Waals surface area (Å²) in [4.78, 5) is 36.9. The molecule has 5 N–H and O–H groups in total. The number of likely N-dealkylation sites (tertiary alicyclic amines) is 1. The molecule has 0 spiro atoms. The van der Waals surface area contributed by atoms with Gasteiger partial charge in [0.2, 0.25) is 11.8 Å². The minimum Gasteiger partial charge on any atom is -0.480 e. The van der Waals surface area contributed by atoms with Crippen molar-refractivity contribution < 1.29 is 19.5 Å². The molecule has 140 valence electrons. The highest BCUT2D eigenvalue weighted by Crippen LogP contribution is 2.18. The molecule has 2 rings (SSSR count). The number of carbonyl (C=O) groups excluding carboxylic acids is 2. The van der Waals surface area contributed by atoms with E-state index in [2.05, 4.69) is 10.6 Å². The van der Waals surface area contributed by atoms with Crippen LogP contribution in [0.2, 0.25) is 0 Å². The van der Waals surface area contributed by atoms with Crippen LogP contribution in [0.15, 0.2) is 12.2 Å². The smallest absolute Gasteiger partial charge is 0.322 e. The van der Waals surface area contributed by atoms with Crippen LogP contribution in [0, 0.1) is 11.8 Å². The SMILES string of the molecule is N[C@@H](CNC(=O)[C@@H]1CCCN(C(=O)C=CC2CCNCC2)C1)C(=O)O. The zero-order valence-electron chi connectivity index (χ0n) is 14.4. The minimum absolute atomic E-state index is 0.0572. The number of nitrogens with zero attached hydrogens (tertiary/aromatic N) is 1. The Balaban J connectivity index is 1.80.